The van der Waals surface area contributed by atoms with Crippen molar-refractivity contribution in [2.45, 2.75) is 20.1 Å². The topological polar surface area (TPSA) is 41.5 Å². The van der Waals surface area contributed by atoms with Gasteiger partial charge in [-0.1, -0.05) is 65.2 Å². The van der Waals surface area contributed by atoms with E-state index in [0.717, 1.165) is 22.6 Å². The first-order chi connectivity index (χ1) is 12.5. The van der Waals surface area contributed by atoms with E-state index >= 15 is 0 Å². The van der Waals surface area contributed by atoms with Gasteiger partial charge in [-0.05, 0) is 42.3 Å². The standard InChI is InChI=1S/C21H19Cl2NO2/c1-14-4-2-6-16(8-14)13-26-18-7-3-5-15(9-18)12-24-17-10-19(22)21(25)20(23)11-17/h2-11,24-25H,12-13H2,1H3. The van der Waals surface area contributed by atoms with Gasteiger partial charge in [0, 0.05) is 12.2 Å². The Morgan fingerprint density at radius 1 is 0.923 bits per heavy atom. The van der Waals surface area contributed by atoms with Gasteiger partial charge >= 0.3 is 0 Å². The number of benzene rings is 3. The van der Waals surface area contributed by atoms with Crippen LogP contribution >= 0.6 is 23.2 Å². The van der Waals surface area contributed by atoms with Crippen molar-refractivity contribution in [1.82, 2.24) is 0 Å². The van der Waals surface area contributed by atoms with E-state index in [1.807, 2.05) is 30.3 Å². The molecule has 2 N–H and O–H groups in total. The molecule has 3 aromatic rings. The second kappa shape index (κ2) is 8.35. The van der Waals surface area contributed by atoms with Crippen molar-refractivity contribution in [1.29, 1.82) is 0 Å². The molecule has 134 valence electrons. The summed E-state index contributed by atoms with van der Waals surface area (Å²) in [4.78, 5) is 0. The molecule has 0 spiro atoms. The monoisotopic (exact) mass is 387 g/mol. The van der Waals surface area contributed by atoms with E-state index < -0.39 is 0 Å². The van der Waals surface area contributed by atoms with E-state index in [9.17, 15) is 5.11 Å². The zero-order valence-electron chi connectivity index (χ0n) is 14.3. The van der Waals surface area contributed by atoms with Gasteiger partial charge in [0.2, 0.25) is 0 Å². The number of aromatic hydroxyl groups is 1. The summed E-state index contributed by atoms with van der Waals surface area (Å²) in [5.41, 5.74) is 4.16. The van der Waals surface area contributed by atoms with E-state index in [-0.39, 0.29) is 15.8 Å². The fraction of sp³-hybridized carbons (Fsp3) is 0.143. The Morgan fingerprint density at radius 2 is 1.62 bits per heavy atom. The Bertz CT molecular complexity index is 889. The maximum Gasteiger partial charge on any atom is 0.152 e. The largest absolute Gasteiger partial charge is 0.505 e. The molecule has 0 aromatic heterocycles. The third-order valence-electron chi connectivity index (χ3n) is 3.90. The van der Waals surface area contributed by atoms with Crippen molar-refractivity contribution in [2.75, 3.05) is 5.32 Å². The molecule has 0 atom stereocenters. The van der Waals surface area contributed by atoms with E-state index in [0.29, 0.717) is 13.2 Å². The van der Waals surface area contributed by atoms with Crippen molar-refractivity contribution < 1.29 is 9.84 Å². The highest BCUT2D eigenvalue weighted by atomic mass is 35.5. The highest BCUT2D eigenvalue weighted by molar-refractivity contribution is 6.37. The first-order valence-corrected chi connectivity index (χ1v) is 8.96. The molecule has 26 heavy (non-hydrogen) atoms. The van der Waals surface area contributed by atoms with Gasteiger partial charge in [-0.15, -0.1) is 0 Å². The summed E-state index contributed by atoms with van der Waals surface area (Å²) in [6.07, 6.45) is 0. The third kappa shape index (κ3) is 4.84. The average Bonchev–Trinajstić information content (AvgIpc) is 2.63. The minimum atomic E-state index is -0.106. The lowest BCUT2D eigenvalue weighted by molar-refractivity contribution is 0.306. The summed E-state index contributed by atoms with van der Waals surface area (Å²) in [5, 5.41) is 13.3. The van der Waals surface area contributed by atoms with Gasteiger partial charge in [0.05, 0.1) is 10.0 Å². The van der Waals surface area contributed by atoms with Crippen LogP contribution < -0.4 is 10.1 Å². The van der Waals surface area contributed by atoms with Gasteiger partial charge in [0.1, 0.15) is 12.4 Å². The Morgan fingerprint density at radius 3 is 2.35 bits per heavy atom. The van der Waals surface area contributed by atoms with Gasteiger partial charge in [-0.3, -0.25) is 0 Å². The molecule has 0 unspecified atom stereocenters. The predicted molar refractivity (Wildman–Crippen MR) is 107 cm³/mol. The lowest BCUT2D eigenvalue weighted by Gasteiger charge is -2.11. The molecule has 0 heterocycles. The molecule has 0 saturated carbocycles. The number of halogens is 2. The summed E-state index contributed by atoms with van der Waals surface area (Å²) < 4.78 is 5.89. The van der Waals surface area contributed by atoms with Crippen molar-refractivity contribution >= 4 is 28.9 Å². The molecule has 3 nitrogen and oxygen atoms in total. The molecule has 3 aromatic carbocycles. The molecule has 0 saturated heterocycles. The van der Waals surface area contributed by atoms with E-state index in [1.54, 1.807) is 12.1 Å². The van der Waals surface area contributed by atoms with Crippen molar-refractivity contribution in [3.8, 4) is 11.5 Å². The summed E-state index contributed by atoms with van der Waals surface area (Å²) in [6, 6.07) is 19.4. The van der Waals surface area contributed by atoms with Gasteiger partial charge in [0.15, 0.2) is 5.75 Å². The molecule has 0 aliphatic heterocycles. The molecule has 0 radical (unpaired) electrons. The Labute approximate surface area is 163 Å². The van der Waals surface area contributed by atoms with E-state index in [1.165, 1.54) is 5.56 Å². The smallest absolute Gasteiger partial charge is 0.152 e. The van der Waals surface area contributed by atoms with Crippen LogP contribution in [-0.4, -0.2) is 5.11 Å². The Hall–Kier alpha value is -2.36. The number of ether oxygens (including phenoxy) is 1. The van der Waals surface area contributed by atoms with Gasteiger partial charge in [-0.2, -0.15) is 0 Å². The molecule has 5 heteroatoms. The summed E-state index contributed by atoms with van der Waals surface area (Å²) >= 11 is 11.9. The third-order valence-corrected chi connectivity index (χ3v) is 4.48. The molecule has 3 rings (SSSR count). The van der Waals surface area contributed by atoms with Crippen LogP contribution in [0.15, 0.2) is 60.7 Å². The fourth-order valence-electron chi connectivity index (χ4n) is 2.59. The number of phenols is 1. The fourth-order valence-corrected chi connectivity index (χ4v) is 3.07. The average molecular weight is 388 g/mol. The SMILES string of the molecule is Cc1cccc(COc2cccc(CNc3cc(Cl)c(O)c(Cl)c3)c2)c1. The van der Waals surface area contributed by atoms with E-state index in [4.69, 9.17) is 27.9 Å². The van der Waals surface area contributed by atoms with Crippen LogP contribution in [0, 0.1) is 6.92 Å². The highest BCUT2D eigenvalue weighted by Crippen LogP contribution is 2.34. The van der Waals surface area contributed by atoms with Crippen molar-refractivity contribution in [3.05, 3.63) is 87.4 Å². The maximum absolute atomic E-state index is 9.61. The van der Waals surface area contributed by atoms with Crippen LogP contribution in [-0.2, 0) is 13.2 Å². The summed E-state index contributed by atoms with van der Waals surface area (Å²) in [7, 11) is 0. The molecule has 0 fully saturated rings. The summed E-state index contributed by atoms with van der Waals surface area (Å²) in [6.45, 7) is 3.18. The molecule has 0 aliphatic rings. The van der Waals surface area contributed by atoms with Crippen LogP contribution in [0.4, 0.5) is 5.69 Å². The normalized spacial score (nSPS) is 10.6. The quantitative estimate of drug-likeness (QED) is 0.494. The Balaban J connectivity index is 1.62. The van der Waals surface area contributed by atoms with Gasteiger partial charge < -0.3 is 15.2 Å². The van der Waals surface area contributed by atoms with E-state index in [2.05, 4.69) is 30.4 Å². The number of hydrogen-bond acceptors (Lipinski definition) is 3. The van der Waals surface area contributed by atoms with Crippen molar-refractivity contribution in [2.24, 2.45) is 0 Å². The van der Waals surface area contributed by atoms with Crippen LogP contribution in [0.3, 0.4) is 0 Å². The van der Waals surface area contributed by atoms with Gasteiger partial charge in [0.25, 0.3) is 0 Å². The lowest BCUT2D eigenvalue weighted by Crippen LogP contribution is -2.01. The number of aryl methyl sites for hydroxylation is 1. The number of hydrogen-bond donors (Lipinski definition) is 2. The second-order valence-corrected chi connectivity index (χ2v) is 6.88. The van der Waals surface area contributed by atoms with Crippen LogP contribution in [0.5, 0.6) is 11.5 Å². The minimum Gasteiger partial charge on any atom is -0.505 e. The highest BCUT2D eigenvalue weighted by Gasteiger charge is 2.06. The van der Waals surface area contributed by atoms with Crippen LogP contribution in [0.25, 0.3) is 0 Å². The summed E-state index contributed by atoms with van der Waals surface area (Å²) in [5.74, 6) is 0.706. The zero-order valence-corrected chi connectivity index (χ0v) is 15.8. The lowest BCUT2D eigenvalue weighted by atomic mass is 10.1. The maximum atomic E-state index is 9.61. The zero-order chi connectivity index (χ0) is 18.5. The number of rotatable bonds is 6. The molecule has 0 amide bonds. The van der Waals surface area contributed by atoms with Crippen LogP contribution in [0.1, 0.15) is 16.7 Å². The molecular weight excluding hydrogens is 369 g/mol. The van der Waals surface area contributed by atoms with Gasteiger partial charge in [-0.25, -0.2) is 0 Å². The number of nitrogens with one attached hydrogen (secondary N) is 1. The molecule has 0 bridgehead atoms. The molecule has 0 aliphatic carbocycles. The number of anilines is 1. The first-order valence-electron chi connectivity index (χ1n) is 8.20. The number of phenolic OH excluding ortho intramolecular Hbond substituents is 1. The van der Waals surface area contributed by atoms with Crippen molar-refractivity contribution in [3.63, 3.8) is 0 Å². The second-order valence-electron chi connectivity index (χ2n) is 6.07. The Kier molecular flexibility index (Phi) is 5.92. The first kappa shape index (κ1) is 18.4. The molecular formula is C21H19Cl2NO2. The predicted octanol–water partition coefficient (Wildman–Crippen LogP) is 6.20. The minimum absolute atomic E-state index is 0.106. The van der Waals surface area contributed by atoms with Crippen LogP contribution in [0.2, 0.25) is 10.0 Å².